The Hall–Kier alpha value is -2.25. The molecule has 0 N–H and O–H groups in total. The molecule has 1 saturated heterocycles. The van der Waals surface area contributed by atoms with Crippen molar-refractivity contribution in [2.45, 2.75) is 32.7 Å². The fourth-order valence-corrected chi connectivity index (χ4v) is 4.45. The molecular weight excluding hydrogens is 360 g/mol. The Balaban J connectivity index is 1.20. The summed E-state index contributed by atoms with van der Waals surface area (Å²) >= 11 is 1.73. The summed E-state index contributed by atoms with van der Waals surface area (Å²) in [6, 6.07) is 10.2. The van der Waals surface area contributed by atoms with E-state index in [1.165, 1.54) is 4.70 Å². The Morgan fingerprint density at radius 1 is 1.22 bits per heavy atom. The van der Waals surface area contributed by atoms with Gasteiger partial charge in [-0.25, -0.2) is 4.98 Å². The summed E-state index contributed by atoms with van der Waals surface area (Å²) in [7, 11) is 0. The van der Waals surface area contributed by atoms with Gasteiger partial charge in [-0.1, -0.05) is 17.3 Å². The lowest BCUT2D eigenvalue weighted by Crippen LogP contribution is -2.48. The quantitative estimate of drug-likeness (QED) is 0.653. The highest BCUT2D eigenvalue weighted by Crippen LogP contribution is 2.23. The molecule has 6 nitrogen and oxygen atoms in total. The number of carbonyl (C=O) groups excluding carboxylic acids is 1. The summed E-state index contributed by atoms with van der Waals surface area (Å²) in [5, 5.41) is 5.05. The monoisotopic (exact) mass is 384 g/mol. The third kappa shape index (κ3) is 4.54. The Labute approximate surface area is 162 Å². The number of fused-ring (bicyclic) bond motifs is 1. The first kappa shape index (κ1) is 18.1. The van der Waals surface area contributed by atoms with Crippen molar-refractivity contribution in [3.63, 3.8) is 0 Å². The normalized spacial score (nSPS) is 15.5. The number of rotatable bonds is 6. The molecule has 27 heavy (non-hydrogen) atoms. The minimum Gasteiger partial charge on any atom is -0.360 e. The van der Waals surface area contributed by atoms with Crippen LogP contribution in [0.15, 0.2) is 34.9 Å². The molecule has 0 atom stereocenters. The molecule has 0 unspecified atom stereocenters. The molecule has 4 rings (SSSR count). The van der Waals surface area contributed by atoms with E-state index in [4.69, 9.17) is 4.52 Å². The van der Waals surface area contributed by atoms with Crippen LogP contribution in [0.25, 0.3) is 10.2 Å². The van der Waals surface area contributed by atoms with E-state index in [0.717, 1.165) is 67.5 Å². The summed E-state index contributed by atoms with van der Waals surface area (Å²) in [6.07, 6.45) is 2.32. The molecule has 0 bridgehead atoms. The van der Waals surface area contributed by atoms with Crippen molar-refractivity contribution in [1.29, 1.82) is 0 Å². The van der Waals surface area contributed by atoms with Gasteiger partial charge in [-0.2, -0.15) is 0 Å². The van der Waals surface area contributed by atoms with Crippen molar-refractivity contribution in [3.8, 4) is 0 Å². The number of aryl methyl sites for hydroxylation is 2. The van der Waals surface area contributed by atoms with Gasteiger partial charge in [0.1, 0.15) is 0 Å². The Kier molecular flexibility index (Phi) is 5.50. The molecule has 1 fully saturated rings. The summed E-state index contributed by atoms with van der Waals surface area (Å²) in [6.45, 7) is 6.02. The van der Waals surface area contributed by atoms with Crippen molar-refractivity contribution < 1.29 is 9.32 Å². The van der Waals surface area contributed by atoms with Crippen LogP contribution in [0.3, 0.4) is 0 Å². The zero-order valence-corrected chi connectivity index (χ0v) is 16.4. The summed E-state index contributed by atoms with van der Waals surface area (Å²) < 4.78 is 6.50. The highest BCUT2D eigenvalue weighted by Gasteiger charge is 2.21. The van der Waals surface area contributed by atoms with Crippen molar-refractivity contribution in [3.05, 3.63) is 46.8 Å². The zero-order chi connectivity index (χ0) is 18.6. The largest absolute Gasteiger partial charge is 0.360 e. The van der Waals surface area contributed by atoms with E-state index in [1.54, 1.807) is 11.3 Å². The van der Waals surface area contributed by atoms with Gasteiger partial charge in [0, 0.05) is 38.7 Å². The molecule has 3 aromatic rings. The van der Waals surface area contributed by atoms with E-state index in [9.17, 15) is 4.79 Å². The van der Waals surface area contributed by atoms with Crippen LogP contribution in [0.5, 0.6) is 0 Å². The van der Waals surface area contributed by atoms with Crippen LogP contribution in [0, 0.1) is 6.92 Å². The molecule has 0 aliphatic carbocycles. The van der Waals surface area contributed by atoms with E-state index in [0.29, 0.717) is 6.42 Å². The predicted octanol–water partition coefficient (Wildman–Crippen LogP) is 3.26. The number of hydrogen-bond acceptors (Lipinski definition) is 6. The Morgan fingerprint density at radius 2 is 2.04 bits per heavy atom. The van der Waals surface area contributed by atoms with E-state index in [1.807, 2.05) is 36.1 Å². The zero-order valence-electron chi connectivity index (χ0n) is 15.6. The molecule has 0 radical (unpaired) electrons. The molecule has 3 heterocycles. The number of hydrogen-bond donors (Lipinski definition) is 0. The molecule has 1 aromatic carbocycles. The minimum atomic E-state index is 0.256. The highest BCUT2D eigenvalue weighted by molar-refractivity contribution is 7.18. The van der Waals surface area contributed by atoms with Gasteiger partial charge >= 0.3 is 0 Å². The fraction of sp³-hybridized carbons (Fsp3) is 0.450. The molecule has 0 spiro atoms. The van der Waals surface area contributed by atoms with Crippen LogP contribution >= 0.6 is 11.3 Å². The third-order valence-corrected chi connectivity index (χ3v) is 6.00. The van der Waals surface area contributed by atoms with Gasteiger partial charge in [0.2, 0.25) is 5.91 Å². The second kappa shape index (κ2) is 8.19. The van der Waals surface area contributed by atoms with Crippen LogP contribution in [0.1, 0.15) is 29.3 Å². The first-order valence-electron chi connectivity index (χ1n) is 9.44. The second-order valence-electron chi connectivity index (χ2n) is 7.02. The maximum atomic E-state index is 12.5. The predicted molar refractivity (Wildman–Crippen MR) is 106 cm³/mol. The lowest BCUT2D eigenvalue weighted by molar-refractivity contribution is -0.133. The lowest BCUT2D eigenvalue weighted by Gasteiger charge is -2.34. The number of amides is 1. The average molecular weight is 385 g/mol. The lowest BCUT2D eigenvalue weighted by atomic mass is 10.2. The van der Waals surface area contributed by atoms with Gasteiger partial charge in [0.25, 0.3) is 0 Å². The number of piperazine rings is 1. The third-order valence-electron chi connectivity index (χ3n) is 4.90. The van der Waals surface area contributed by atoms with E-state index < -0.39 is 0 Å². The van der Waals surface area contributed by atoms with E-state index >= 15 is 0 Å². The summed E-state index contributed by atoms with van der Waals surface area (Å²) in [4.78, 5) is 21.4. The number of thiazole rings is 1. The molecule has 1 amide bonds. The van der Waals surface area contributed by atoms with Gasteiger partial charge in [-0.15, -0.1) is 11.3 Å². The van der Waals surface area contributed by atoms with Crippen LogP contribution in [0.4, 0.5) is 0 Å². The van der Waals surface area contributed by atoms with Crippen LogP contribution < -0.4 is 0 Å². The van der Waals surface area contributed by atoms with Gasteiger partial charge in [-0.05, 0) is 31.9 Å². The van der Waals surface area contributed by atoms with Crippen molar-refractivity contribution in [2.75, 3.05) is 26.2 Å². The molecule has 142 valence electrons. The summed E-state index contributed by atoms with van der Waals surface area (Å²) in [5.41, 5.74) is 1.97. The van der Waals surface area contributed by atoms with Gasteiger partial charge in [-0.3, -0.25) is 9.69 Å². The van der Waals surface area contributed by atoms with E-state index in [-0.39, 0.29) is 5.91 Å². The van der Waals surface area contributed by atoms with Crippen molar-refractivity contribution in [2.24, 2.45) is 0 Å². The van der Waals surface area contributed by atoms with Crippen LogP contribution in [0.2, 0.25) is 0 Å². The maximum absolute atomic E-state index is 12.5. The van der Waals surface area contributed by atoms with Gasteiger partial charge in [0.05, 0.1) is 27.5 Å². The topological polar surface area (TPSA) is 62.5 Å². The Bertz CT molecular complexity index is 878. The molecule has 0 saturated carbocycles. The number of nitrogens with zero attached hydrogens (tertiary/aromatic N) is 4. The second-order valence-corrected chi connectivity index (χ2v) is 8.14. The molecule has 2 aromatic heterocycles. The smallest absolute Gasteiger partial charge is 0.222 e. The van der Waals surface area contributed by atoms with Gasteiger partial charge in [0.15, 0.2) is 5.76 Å². The number of para-hydroxylation sites is 1. The number of benzene rings is 1. The fourth-order valence-electron chi connectivity index (χ4n) is 3.44. The molecular formula is C20H24N4O2S. The Morgan fingerprint density at radius 3 is 2.78 bits per heavy atom. The van der Waals surface area contributed by atoms with E-state index in [2.05, 4.69) is 21.1 Å². The first-order chi connectivity index (χ1) is 13.2. The van der Waals surface area contributed by atoms with Crippen LogP contribution in [-0.4, -0.2) is 52.0 Å². The average Bonchev–Trinajstić information content (AvgIpc) is 3.27. The first-order valence-corrected chi connectivity index (χ1v) is 10.3. The minimum absolute atomic E-state index is 0.256. The molecule has 1 aliphatic rings. The van der Waals surface area contributed by atoms with Crippen LogP contribution in [-0.2, 0) is 17.8 Å². The van der Waals surface area contributed by atoms with Gasteiger partial charge < -0.3 is 9.42 Å². The maximum Gasteiger partial charge on any atom is 0.222 e. The molecule has 7 heteroatoms. The number of carbonyl (C=O) groups is 1. The SMILES string of the molecule is Cc1cc(CN2CCN(C(=O)CCCc3nc4ccccc4s3)CC2)on1. The molecule has 1 aliphatic heterocycles. The highest BCUT2D eigenvalue weighted by atomic mass is 32.1. The standard InChI is InChI=1S/C20H24N4O2S/c1-15-13-16(26-22-15)14-23-9-11-24(12-10-23)20(25)8-4-7-19-21-17-5-2-3-6-18(17)27-19/h2-3,5-6,13H,4,7-12,14H2,1H3. The van der Waals surface area contributed by atoms with Crippen molar-refractivity contribution in [1.82, 2.24) is 19.9 Å². The van der Waals surface area contributed by atoms with Crippen molar-refractivity contribution >= 4 is 27.5 Å². The number of aromatic nitrogens is 2. The summed E-state index contributed by atoms with van der Waals surface area (Å²) in [5.74, 6) is 1.15.